The summed E-state index contributed by atoms with van der Waals surface area (Å²) in [5, 5.41) is 4.65. The Morgan fingerprint density at radius 1 is 1.25 bits per heavy atom. The Labute approximate surface area is 121 Å². The molecule has 0 saturated heterocycles. The third kappa shape index (κ3) is 3.03. The van der Waals surface area contributed by atoms with Crippen LogP contribution in [0.3, 0.4) is 0 Å². The quantitative estimate of drug-likeness (QED) is 0.829. The second-order valence-electron chi connectivity index (χ2n) is 4.07. The minimum absolute atomic E-state index is 0.179. The first-order chi connectivity index (χ1) is 9.65. The summed E-state index contributed by atoms with van der Waals surface area (Å²) in [4.78, 5) is 12.6. The molecule has 0 atom stereocenters. The monoisotopic (exact) mass is 292 g/mol. The number of anilines is 1. The van der Waals surface area contributed by atoms with Crippen LogP contribution < -0.4 is 20.5 Å². The number of benzene rings is 1. The Bertz CT molecular complexity index is 610. The zero-order valence-corrected chi connectivity index (χ0v) is 12.1. The molecule has 5 nitrogen and oxygen atoms in total. The average molecular weight is 292 g/mol. The number of hydrogen-bond acceptors (Lipinski definition) is 5. The number of rotatable bonds is 5. The van der Waals surface area contributed by atoms with Gasteiger partial charge in [0.1, 0.15) is 16.4 Å². The van der Waals surface area contributed by atoms with Crippen LogP contribution >= 0.6 is 11.3 Å². The third-order valence-corrected chi connectivity index (χ3v) is 3.69. The number of methoxy groups -OCH3 is 2. The molecule has 3 N–H and O–H groups in total. The van der Waals surface area contributed by atoms with Crippen LogP contribution in [0.2, 0.25) is 0 Å². The zero-order chi connectivity index (χ0) is 14.5. The molecule has 0 saturated carbocycles. The summed E-state index contributed by atoms with van der Waals surface area (Å²) < 4.78 is 10.4. The van der Waals surface area contributed by atoms with E-state index in [0.29, 0.717) is 28.6 Å². The van der Waals surface area contributed by atoms with Crippen molar-refractivity contribution in [2.45, 2.75) is 6.54 Å². The maximum atomic E-state index is 12.1. The normalized spacial score (nSPS) is 10.1. The molecule has 0 unspecified atom stereocenters. The molecule has 106 valence electrons. The molecule has 1 aromatic heterocycles. The number of nitrogen functional groups attached to an aromatic ring is 1. The lowest BCUT2D eigenvalue weighted by atomic mass is 10.1. The van der Waals surface area contributed by atoms with Gasteiger partial charge in [-0.3, -0.25) is 4.79 Å². The van der Waals surface area contributed by atoms with Gasteiger partial charge < -0.3 is 20.5 Å². The van der Waals surface area contributed by atoms with Gasteiger partial charge in [-0.15, -0.1) is 11.3 Å². The van der Waals surface area contributed by atoms with E-state index in [2.05, 4.69) is 5.32 Å². The highest BCUT2D eigenvalue weighted by Crippen LogP contribution is 2.25. The van der Waals surface area contributed by atoms with Gasteiger partial charge in [0.15, 0.2) is 0 Å². The SMILES string of the molecule is COc1ccc(N)cc1CNC(=O)c1sccc1OC. The molecule has 20 heavy (non-hydrogen) atoms. The van der Waals surface area contributed by atoms with E-state index in [1.807, 2.05) is 5.38 Å². The first kappa shape index (κ1) is 14.2. The highest BCUT2D eigenvalue weighted by Gasteiger charge is 2.14. The Balaban J connectivity index is 2.09. The van der Waals surface area contributed by atoms with Crippen LogP contribution in [0, 0.1) is 0 Å². The van der Waals surface area contributed by atoms with Crippen molar-refractivity contribution in [1.29, 1.82) is 0 Å². The second kappa shape index (κ2) is 6.29. The molecule has 0 radical (unpaired) electrons. The molecular formula is C14H16N2O3S. The van der Waals surface area contributed by atoms with Gasteiger partial charge in [-0.05, 0) is 29.6 Å². The maximum Gasteiger partial charge on any atom is 0.265 e. The molecule has 0 aliphatic heterocycles. The predicted octanol–water partition coefficient (Wildman–Crippen LogP) is 2.28. The van der Waals surface area contributed by atoms with Crippen LogP contribution in [0.4, 0.5) is 5.69 Å². The summed E-state index contributed by atoms with van der Waals surface area (Å²) >= 11 is 1.34. The van der Waals surface area contributed by atoms with Crippen molar-refractivity contribution in [2.75, 3.05) is 20.0 Å². The van der Waals surface area contributed by atoms with Gasteiger partial charge in [0.2, 0.25) is 0 Å². The van der Waals surface area contributed by atoms with Gasteiger partial charge in [0.25, 0.3) is 5.91 Å². The van der Waals surface area contributed by atoms with Crippen molar-refractivity contribution >= 4 is 22.9 Å². The number of carbonyl (C=O) groups is 1. The lowest BCUT2D eigenvalue weighted by molar-refractivity contribution is 0.0952. The predicted molar refractivity (Wildman–Crippen MR) is 79.4 cm³/mol. The highest BCUT2D eigenvalue weighted by atomic mass is 32.1. The van der Waals surface area contributed by atoms with E-state index < -0.39 is 0 Å². The minimum atomic E-state index is -0.179. The van der Waals surface area contributed by atoms with Crippen molar-refractivity contribution in [3.63, 3.8) is 0 Å². The first-order valence-electron chi connectivity index (χ1n) is 5.97. The minimum Gasteiger partial charge on any atom is -0.496 e. The number of hydrogen-bond donors (Lipinski definition) is 2. The number of nitrogens with two attached hydrogens (primary N) is 1. The van der Waals surface area contributed by atoms with E-state index in [-0.39, 0.29) is 5.91 Å². The summed E-state index contributed by atoms with van der Waals surface area (Å²) in [5.74, 6) is 1.09. The van der Waals surface area contributed by atoms with Gasteiger partial charge >= 0.3 is 0 Å². The first-order valence-corrected chi connectivity index (χ1v) is 6.85. The molecule has 0 aliphatic rings. The zero-order valence-electron chi connectivity index (χ0n) is 11.3. The fourth-order valence-electron chi connectivity index (χ4n) is 1.82. The molecule has 2 aromatic rings. The van der Waals surface area contributed by atoms with Gasteiger partial charge in [0, 0.05) is 17.8 Å². The molecule has 2 rings (SSSR count). The number of carbonyl (C=O) groups excluding carboxylic acids is 1. The highest BCUT2D eigenvalue weighted by molar-refractivity contribution is 7.12. The van der Waals surface area contributed by atoms with Crippen molar-refractivity contribution in [3.05, 3.63) is 40.1 Å². The molecule has 6 heteroatoms. The summed E-state index contributed by atoms with van der Waals surface area (Å²) in [7, 11) is 3.12. The van der Waals surface area contributed by atoms with Crippen LogP contribution in [-0.2, 0) is 6.54 Å². The van der Waals surface area contributed by atoms with Crippen molar-refractivity contribution < 1.29 is 14.3 Å². The molecule has 0 aliphatic carbocycles. The van der Waals surface area contributed by atoms with Crippen LogP contribution in [0.25, 0.3) is 0 Å². The van der Waals surface area contributed by atoms with E-state index >= 15 is 0 Å². The second-order valence-corrected chi connectivity index (χ2v) is 4.99. The number of nitrogens with one attached hydrogen (secondary N) is 1. The maximum absolute atomic E-state index is 12.1. The largest absolute Gasteiger partial charge is 0.496 e. The summed E-state index contributed by atoms with van der Waals surface area (Å²) in [6, 6.07) is 7.08. The number of thiophene rings is 1. The van der Waals surface area contributed by atoms with Crippen molar-refractivity contribution in [1.82, 2.24) is 5.32 Å². The van der Waals surface area contributed by atoms with Crippen LogP contribution in [-0.4, -0.2) is 20.1 Å². The van der Waals surface area contributed by atoms with Crippen LogP contribution in [0.5, 0.6) is 11.5 Å². The van der Waals surface area contributed by atoms with Gasteiger partial charge in [-0.25, -0.2) is 0 Å². The fraction of sp³-hybridized carbons (Fsp3) is 0.214. The van der Waals surface area contributed by atoms with Crippen LogP contribution in [0.1, 0.15) is 15.2 Å². The smallest absolute Gasteiger partial charge is 0.265 e. The van der Waals surface area contributed by atoms with E-state index in [1.54, 1.807) is 38.5 Å². The molecular weight excluding hydrogens is 276 g/mol. The standard InChI is InChI=1S/C14H16N2O3S/c1-18-11-4-3-10(15)7-9(11)8-16-14(17)13-12(19-2)5-6-20-13/h3-7H,8,15H2,1-2H3,(H,16,17). The van der Waals surface area contributed by atoms with Gasteiger partial charge in [-0.1, -0.05) is 0 Å². The third-order valence-electron chi connectivity index (χ3n) is 2.80. The van der Waals surface area contributed by atoms with Gasteiger partial charge in [0.05, 0.1) is 14.2 Å². The Kier molecular flexibility index (Phi) is 4.47. The van der Waals surface area contributed by atoms with Crippen molar-refractivity contribution in [3.8, 4) is 11.5 Å². The Hall–Kier alpha value is -2.21. The Morgan fingerprint density at radius 2 is 2.00 bits per heavy atom. The lowest BCUT2D eigenvalue weighted by Gasteiger charge is -2.10. The molecule has 1 heterocycles. The topological polar surface area (TPSA) is 73.6 Å². The number of ether oxygens (including phenoxy) is 2. The summed E-state index contributed by atoms with van der Waals surface area (Å²) in [6.45, 7) is 0.341. The van der Waals surface area contributed by atoms with E-state index in [1.165, 1.54) is 11.3 Å². The summed E-state index contributed by atoms with van der Waals surface area (Å²) in [5.41, 5.74) is 7.20. The van der Waals surface area contributed by atoms with Gasteiger partial charge in [-0.2, -0.15) is 0 Å². The Morgan fingerprint density at radius 3 is 2.70 bits per heavy atom. The fourth-order valence-corrected chi connectivity index (χ4v) is 2.59. The average Bonchev–Trinajstić information content (AvgIpc) is 2.93. The molecule has 1 amide bonds. The molecule has 0 spiro atoms. The van der Waals surface area contributed by atoms with Crippen molar-refractivity contribution in [2.24, 2.45) is 0 Å². The molecule has 0 fully saturated rings. The lowest BCUT2D eigenvalue weighted by Crippen LogP contribution is -2.22. The van der Waals surface area contributed by atoms with E-state index in [0.717, 1.165) is 5.56 Å². The number of amides is 1. The van der Waals surface area contributed by atoms with E-state index in [4.69, 9.17) is 15.2 Å². The van der Waals surface area contributed by atoms with E-state index in [9.17, 15) is 4.79 Å². The molecule has 0 bridgehead atoms. The molecule has 1 aromatic carbocycles. The van der Waals surface area contributed by atoms with Crippen LogP contribution in [0.15, 0.2) is 29.6 Å². The summed E-state index contributed by atoms with van der Waals surface area (Å²) in [6.07, 6.45) is 0.